The summed E-state index contributed by atoms with van der Waals surface area (Å²) in [5.41, 5.74) is 0.967. The lowest BCUT2D eigenvalue weighted by Crippen LogP contribution is -2.45. The number of hydrogen-bond acceptors (Lipinski definition) is 4. The van der Waals surface area contributed by atoms with E-state index in [1.807, 2.05) is 0 Å². The van der Waals surface area contributed by atoms with Gasteiger partial charge in [-0.3, -0.25) is 4.79 Å². The summed E-state index contributed by atoms with van der Waals surface area (Å²) in [5.74, 6) is -0.623. The molecular formula is C19H27N3O4. The number of benzene rings is 1. The zero-order valence-corrected chi connectivity index (χ0v) is 15.4. The monoisotopic (exact) mass is 361 g/mol. The third kappa shape index (κ3) is 5.75. The Balaban J connectivity index is 1.89. The van der Waals surface area contributed by atoms with Crippen LogP contribution in [-0.2, 0) is 9.53 Å². The number of nitrogens with one attached hydrogen (secondary N) is 2. The Bertz CT molecular complexity index is 641. The van der Waals surface area contributed by atoms with E-state index in [1.54, 1.807) is 24.3 Å². The van der Waals surface area contributed by atoms with Crippen molar-refractivity contribution in [2.24, 2.45) is 0 Å². The molecule has 26 heavy (non-hydrogen) atoms. The van der Waals surface area contributed by atoms with Crippen molar-refractivity contribution in [3.05, 3.63) is 29.8 Å². The molecule has 0 saturated heterocycles. The standard InChI is InChI=1S/C19H27N3O4/c1-14(23)22(17-10-6-7-15(13-17)18(24)26-2)12-11-20-19(25)21-16-8-4-3-5-9-16/h6-7,10,13,16H,3-5,8-9,11-12H2,1-2H3,(H2,20,21,25). The molecule has 1 saturated carbocycles. The minimum atomic E-state index is -0.458. The van der Waals surface area contributed by atoms with Crippen LogP contribution in [0.5, 0.6) is 0 Å². The van der Waals surface area contributed by atoms with Crippen LogP contribution in [0.1, 0.15) is 49.4 Å². The Morgan fingerprint density at radius 3 is 2.58 bits per heavy atom. The fraction of sp³-hybridized carbons (Fsp3) is 0.526. The SMILES string of the molecule is COC(=O)c1cccc(N(CCNC(=O)NC2CCCCC2)C(C)=O)c1. The minimum absolute atomic E-state index is 0.165. The summed E-state index contributed by atoms with van der Waals surface area (Å²) in [7, 11) is 1.31. The molecule has 1 aromatic carbocycles. The van der Waals surface area contributed by atoms with Gasteiger partial charge in [0.05, 0.1) is 12.7 Å². The molecule has 0 aromatic heterocycles. The third-order valence-corrected chi connectivity index (χ3v) is 4.52. The summed E-state index contributed by atoms with van der Waals surface area (Å²) in [6, 6.07) is 6.71. The first-order chi connectivity index (χ1) is 12.5. The highest BCUT2D eigenvalue weighted by atomic mass is 16.5. The van der Waals surface area contributed by atoms with Gasteiger partial charge in [0.2, 0.25) is 5.91 Å². The first-order valence-electron chi connectivity index (χ1n) is 9.02. The number of ether oxygens (including phenoxy) is 1. The molecule has 1 fully saturated rings. The lowest BCUT2D eigenvalue weighted by Gasteiger charge is -2.24. The van der Waals surface area contributed by atoms with Gasteiger partial charge in [0.1, 0.15) is 0 Å². The molecule has 0 spiro atoms. The molecular weight excluding hydrogens is 334 g/mol. The predicted octanol–water partition coefficient (Wildman–Crippen LogP) is 2.46. The van der Waals surface area contributed by atoms with Crippen LogP contribution in [0.15, 0.2) is 24.3 Å². The van der Waals surface area contributed by atoms with Crippen molar-refractivity contribution in [3.8, 4) is 0 Å². The molecule has 2 N–H and O–H groups in total. The number of rotatable bonds is 6. The average molecular weight is 361 g/mol. The van der Waals surface area contributed by atoms with E-state index in [0.29, 0.717) is 24.3 Å². The summed E-state index contributed by atoms with van der Waals surface area (Å²) >= 11 is 0. The second-order valence-electron chi connectivity index (χ2n) is 6.45. The molecule has 1 aliphatic carbocycles. The molecule has 0 radical (unpaired) electrons. The summed E-state index contributed by atoms with van der Waals surface area (Å²) in [6.45, 7) is 2.09. The van der Waals surface area contributed by atoms with Crippen molar-refractivity contribution in [1.82, 2.24) is 10.6 Å². The number of carbonyl (C=O) groups excluding carboxylic acids is 3. The molecule has 7 heteroatoms. The third-order valence-electron chi connectivity index (χ3n) is 4.52. The molecule has 1 aliphatic rings. The van der Waals surface area contributed by atoms with Crippen LogP contribution >= 0.6 is 0 Å². The van der Waals surface area contributed by atoms with Crippen LogP contribution in [0, 0.1) is 0 Å². The van der Waals surface area contributed by atoms with Crippen molar-refractivity contribution >= 4 is 23.6 Å². The van der Waals surface area contributed by atoms with Crippen LogP contribution in [0.3, 0.4) is 0 Å². The van der Waals surface area contributed by atoms with Crippen molar-refractivity contribution in [2.75, 3.05) is 25.1 Å². The Hall–Kier alpha value is -2.57. The van der Waals surface area contributed by atoms with Crippen molar-refractivity contribution in [2.45, 2.75) is 45.1 Å². The molecule has 7 nitrogen and oxygen atoms in total. The Kier molecular flexibility index (Phi) is 7.44. The fourth-order valence-corrected chi connectivity index (χ4v) is 3.15. The van der Waals surface area contributed by atoms with E-state index >= 15 is 0 Å². The molecule has 0 heterocycles. The van der Waals surface area contributed by atoms with Gasteiger partial charge < -0.3 is 20.3 Å². The van der Waals surface area contributed by atoms with Gasteiger partial charge in [0, 0.05) is 31.7 Å². The maximum absolute atomic E-state index is 12.0. The summed E-state index contributed by atoms with van der Waals surface area (Å²) < 4.78 is 4.71. The van der Waals surface area contributed by atoms with E-state index in [-0.39, 0.29) is 18.0 Å². The second kappa shape index (κ2) is 9.79. The van der Waals surface area contributed by atoms with Crippen LogP contribution < -0.4 is 15.5 Å². The molecule has 142 valence electrons. The van der Waals surface area contributed by atoms with E-state index in [2.05, 4.69) is 10.6 Å². The maximum atomic E-state index is 12.0. The number of nitrogens with zero attached hydrogens (tertiary/aromatic N) is 1. The topological polar surface area (TPSA) is 87.7 Å². The number of amides is 3. The molecule has 0 bridgehead atoms. The maximum Gasteiger partial charge on any atom is 0.337 e. The van der Waals surface area contributed by atoms with Crippen molar-refractivity contribution in [1.29, 1.82) is 0 Å². The quantitative estimate of drug-likeness (QED) is 0.762. The lowest BCUT2D eigenvalue weighted by atomic mass is 9.96. The highest BCUT2D eigenvalue weighted by molar-refractivity contribution is 5.95. The second-order valence-corrected chi connectivity index (χ2v) is 6.45. The van der Waals surface area contributed by atoms with Gasteiger partial charge in [-0.05, 0) is 31.0 Å². The molecule has 2 rings (SSSR count). The summed E-state index contributed by atoms with van der Waals surface area (Å²) in [4.78, 5) is 37.1. The molecule has 0 aliphatic heterocycles. The molecule has 1 aromatic rings. The fourth-order valence-electron chi connectivity index (χ4n) is 3.15. The van der Waals surface area contributed by atoms with Crippen molar-refractivity contribution < 1.29 is 19.1 Å². The smallest absolute Gasteiger partial charge is 0.337 e. The van der Waals surface area contributed by atoms with Gasteiger partial charge in [-0.25, -0.2) is 9.59 Å². The predicted molar refractivity (Wildman–Crippen MR) is 99.2 cm³/mol. The normalized spacial score (nSPS) is 14.4. The van der Waals surface area contributed by atoms with Crippen LogP contribution in [-0.4, -0.2) is 44.1 Å². The number of anilines is 1. The minimum Gasteiger partial charge on any atom is -0.465 e. The van der Waals surface area contributed by atoms with Gasteiger partial charge in [-0.1, -0.05) is 25.3 Å². The number of urea groups is 1. The number of esters is 1. The average Bonchev–Trinajstić information content (AvgIpc) is 2.65. The van der Waals surface area contributed by atoms with Gasteiger partial charge in [0.25, 0.3) is 0 Å². The highest BCUT2D eigenvalue weighted by Crippen LogP contribution is 2.18. The molecule has 0 unspecified atom stereocenters. The van der Waals surface area contributed by atoms with Gasteiger partial charge >= 0.3 is 12.0 Å². The number of carbonyl (C=O) groups is 3. The van der Waals surface area contributed by atoms with E-state index in [9.17, 15) is 14.4 Å². The van der Waals surface area contributed by atoms with E-state index < -0.39 is 5.97 Å². The number of methoxy groups -OCH3 is 1. The Morgan fingerprint density at radius 1 is 1.19 bits per heavy atom. The van der Waals surface area contributed by atoms with Gasteiger partial charge in [-0.15, -0.1) is 0 Å². The Morgan fingerprint density at radius 2 is 1.92 bits per heavy atom. The molecule has 0 atom stereocenters. The zero-order chi connectivity index (χ0) is 18.9. The first kappa shape index (κ1) is 19.8. The zero-order valence-electron chi connectivity index (χ0n) is 15.4. The highest BCUT2D eigenvalue weighted by Gasteiger charge is 2.17. The van der Waals surface area contributed by atoms with E-state index in [1.165, 1.54) is 25.4 Å². The van der Waals surface area contributed by atoms with E-state index in [4.69, 9.17) is 4.74 Å². The van der Waals surface area contributed by atoms with Crippen LogP contribution in [0.2, 0.25) is 0 Å². The Labute approximate surface area is 154 Å². The van der Waals surface area contributed by atoms with Crippen molar-refractivity contribution in [3.63, 3.8) is 0 Å². The number of hydrogen-bond donors (Lipinski definition) is 2. The van der Waals surface area contributed by atoms with E-state index in [0.717, 1.165) is 25.7 Å². The molecule has 3 amide bonds. The first-order valence-corrected chi connectivity index (χ1v) is 9.02. The van der Waals surface area contributed by atoms with Gasteiger partial charge in [0.15, 0.2) is 0 Å². The lowest BCUT2D eigenvalue weighted by molar-refractivity contribution is -0.116. The summed E-state index contributed by atoms with van der Waals surface area (Å²) in [5, 5.41) is 5.78. The van der Waals surface area contributed by atoms with Crippen LogP contribution in [0.25, 0.3) is 0 Å². The van der Waals surface area contributed by atoms with Crippen LogP contribution in [0.4, 0.5) is 10.5 Å². The summed E-state index contributed by atoms with van der Waals surface area (Å²) in [6.07, 6.45) is 5.58. The largest absolute Gasteiger partial charge is 0.465 e. The van der Waals surface area contributed by atoms with Gasteiger partial charge in [-0.2, -0.15) is 0 Å².